The standard InChI is InChI=1S/C12H11Cl2NOS/c1-7-6-17-12(15-7)5-11(16)9-3-2-8(13)4-10(9)14/h2-4,6,11,16H,5H2,1H3. The van der Waals surface area contributed by atoms with Gasteiger partial charge in [-0.2, -0.15) is 0 Å². The van der Waals surface area contributed by atoms with Crippen molar-refractivity contribution < 1.29 is 5.11 Å². The summed E-state index contributed by atoms with van der Waals surface area (Å²) < 4.78 is 0. The van der Waals surface area contributed by atoms with Crippen LogP contribution in [0.5, 0.6) is 0 Å². The molecule has 0 aliphatic carbocycles. The lowest BCUT2D eigenvalue weighted by molar-refractivity contribution is 0.178. The predicted octanol–water partition coefficient (Wildman–Crippen LogP) is 4.03. The van der Waals surface area contributed by atoms with Gasteiger partial charge in [-0.1, -0.05) is 29.3 Å². The first-order valence-electron chi connectivity index (χ1n) is 5.10. The quantitative estimate of drug-likeness (QED) is 0.924. The molecule has 1 atom stereocenters. The lowest BCUT2D eigenvalue weighted by Crippen LogP contribution is -2.02. The molecule has 1 N–H and O–H groups in total. The van der Waals surface area contributed by atoms with E-state index in [2.05, 4.69) is 4.98 Å². The molecule has 2 rings (SSSR count). The van der Waals surface area contributed by atoms with Gasteiger partial charge in [-0.25, -0.2) is 4.98 Å². The zero-order chi connectivity index (χ0) is 12.4. The molecule has 90 valence electrons. The van der Waals surface area contributed by atoms with Gasteiger partial charge < -0.3 is 5.11 Å². The number of thiazole rings is 1. The molecule has 0 aliphatic heterocycles. The van der Waals surface area contributed by atoms with Crippen molar-refractivity contribution in [2.75, 3.05) is 0 Å². The van der Waals surface area contributed by atoms with E-state index in [0.717, 1.165) is 10.7 Å². The van der Waals surface area contributed by atoms with Gasteiger partial charge in [0, 0.05) is 27.5 Å². The third kappa shape index (κ3) is 3.19. The molecule has 0 amide bonds. The lowest BCUT2D eigenvalue weighted by atomic mass is 10.1. The summed E-state index contributed by atoms with van der Waals surface area (Å²) in [5, 5.41) is 14.0. The second-order valence-corrected chi connectivity index (χ2v) is 5.55. The van der Waals surface area contributed by atoms with Crippen molar-refractivity contribution in [2.24, 2.45) is 0 Å². The van der Waals surface area contributed by atoms with Crippen molar-refractivity contribution in [1.29, 1.82) is 0 Å². The minimum atomic E-state index is -0.648. The molecule has 1 heterocycles. The van der Waals surface area contributed by atoms with Crippen LogP contribution in [0.25, 0.3) is 0 Å². The van der Waals surface area contributed by atoms with Gasteiger partial charge in [0.15, 0.2) is 0 Å². The molecule has 2 nitrogen and oxygen atoms in total. The Bertz CT molecular complexity index is 527. The maximum absolute atomic E-state index is 10.1. The fraction of sp³-hybridized carbons (Fsp3) is 0.250. The maximum Gasteiger partial charge on any atom is 0.0957 e. The number of aromatic nitrogens is 1. The van der Waals surface area contributed by atoms with E-state index in [0.29, 0.717) is 22.0 Å². The molecule has 0 fully saturated rings. The number of aryl methyl sites for hydroxylation is 1. The summed E-state index contributed by atoms with van der Waals surface area (Å²) in [6.45, 7) is 1.93. The molecule has 5 heteroatoms. The van der Waals surface area contributed by atoms with Gasteiger partial charge in [-0.05, 0) is 24.6 Å². The monoisotopic (exact) mass is 287 g/mol. The highest BCUT2D eigenvalue weighted by Gasteiger charge is 2.14. The summed E-state index contributed by atoms with van der Waals surface area (Å²) in [6.07, 6.45) is -0.176. The van der Waals surface area contributed by atoms with Crippen molar-refractivity contribution in [3.05, 3.63) is 49.9 Å². The van der Waals surface area contributed by atoms with Crippen LogP contribution < -0.4 is 0 Å². The van der Waals surface area contributed by atoms with E-state index >= 15 is 0 Å². The van der Waals surface area contributed by atoms with E-state index in [9.17, 15) is 5.11 Å². The third-order valence-electron chi connectivity index (χ3n) is 2.36. The highest BCUT2D eigenvalue weighted by atomic mass is 35.5. The molecule has 1 aromatic carbocycles. The Morgan fingerprint density at radius 2 is 2.18 bits per heavy atom. The zero-order valence-corrected chi connectivity index (χ0v) is 11.5. The predicted molar refractivity (Wildman–Crippen MR) is 72.0 cm³/mol. The topological polar surface area (TPSA) is 33.1 Å². The molecule has 0 radical (unpaired) electrons. The molecule has 0 aliphatic rings. The van der Waals surface area contributed by atoms with E-state index in [1.807, 2.05) is 12.3 Å². The summed E-state index contributed by atoms with van der Waals surface area (Å²) in [5.41, 5.74) is 1.66. The Balaban J connectivity index is 2.17. The average Bonchev–Trinajstić information content (AvgIpc) is 2.63. The molecule has 17 heavy (non-hydrogen) atoms. The van der Waals surface area contributed by atoms with Crippen LogP contribution in [0.4, 0.5) is 0 Å². The van der Waals surface area contributed by atoms with Gasteiger partial charge in [-0.3, -0.25) is 0 Å². The summed E-state index contributed by atoms with van der Waals surface area (Å²) in [5.74, 6) is 0. The van der Waals surface area contributed by atoms with Gasteiger partial charge in [0.25, 0.3) is 0 Å². The van der Waals surface area contributed by atoms with Gasteiger partial charge in [0.1, 0.15) is 0 Å². The number of halogens is 2. The van der Waals surface area contributed by atoms with E-state index in [-0.39, 0.29) is 0 Å². The van der Waals surface area contributed by atoms with Crippen LogP contribution in [-0.2, 0) is 6.42 Å². The average molecular weight is 288 g/mol. The zero-order valence-electron chi connectivity index (χ0n) is 9.15. The van der Waals surface area contributed by atoms with Crippen molar-refractivity contribution >= 4 is 34.5 Å². The molecule has 0 saturated carbocycles. The normalized spacial score (nSPS) is 12.7. The molecule has 2 aromatic rings. The highest BCUT2D eigenvalue weighted by Crippen LogP contribution is 2.28. The molecular weight excluding hydrogens is 277 g/mol. The number of hydrogen-bond acceptors (Lipinski definition) is 3. The minimum absolute atomic E-state index is 0.472. The third-order valence-corrected chi connectivity index (χ3v) is 3.91. The number of benzene rings is 1. The first kappa shape index (κ1) is 12.8. The fourth-order valence-electron chi connectivity index (χ4n) is 1.54. The largest absolute Gasteiger partial charge is 0.388 e. The molecule has 1 unspecified atom stereocenters. The highest BCUT2D eigenvalue weighted by molar-refractivity contribution is 7.09. The summed E-state index contributed by atoms with van der Waals surface area (Å²) in [6, 6.07) is 5.10. The molecule has 0 spiro atoms. The number of rotatable bonds is 3. The molecule has 0 bridgehead atoms. The lowest BCUT2D eigenvalue weighted by Gasteiger charge is -2.11. The van der Waals surface area contributed by atoms with E-state index < -0.39 is 6.10 Å². The van der Waals surface area contributed by atoms with Crippen LogP contribution in [0.2, 0.25) is 10.0 Å². The van der Waals surface area contributed by atoms with Gasteiger partial charge in [0.05, 0.1) is 11.1 Å². The van der Waals surface area contributed by atoms with Crippen LogP contribution in [0.3, 0.4) is 0 Å². The van der Waals surface area contributed by atoms with Crippen LogP contribution in [0.15, 0.2) is 23.6 Å². The molecule has 0 saturated heterocycles. The fourth-order valence-corrected chi connectivity index (χ4v) is 2.89. The van der Waals surface area contributed by atoms with E-state index in [1.54, 1.807) is 29.5 Å². The Hall–Kier alpha value is -0.610. The first-order valence-corrected chi connectivity index (χ1v) is 6.74. The number of hydrogen-bond donors (Lipinski definition) is 1. The van der Waals surface area contributed by atoms with Crippen molar-refractivity contribution in [2.45, 2.75) is 19.4 Å². The Kier molecular flexibility index (Phi) is 4.05. The SMILES string of the molecule is Cc1csc(CC(O)c2ccc(Cl)cc2Cl)n1. The van der Waals surface area contributed by atoms with Crippen molar-refractivity contribution in [3.8, 4) is 0 Å². The Labute approximate surface area is 114 Å². The van der Waals surface area contributed by atoms with Crippen LogP contribution in [0.1, 0.15) is 22.4 Å². The van der Waals surface area contributed by atoms with Crippen molar-refractivity contribution in [3.63, 3.8) is 0 Å². The summed E-state index contributed by atoms with van der Waals surface area (Å²) >= 11 is 13.4. The second kappa shape index (κ2) is 5.36. The van der Waals surface area contributed by atoms with Gasteiger partial charge in [0.2, 0.25) is 0 Å². The summed E-state index contributed by atoms with van der Waals surface area (Å²) in [4.78, 5) is 4.31. The van der Waals surface area contributed by atoms with Crippen LogP contribution in [-0.4, -0.2) is 10.1 Å². The van der Waals surface area contributed by atoms with Crippen molar-refractivity contribution in [1.82, 2.24) is 4.98 Å². The number of nitrogens with zero attached hydrogens (tertiary/aromatic N) is 1. The number of aliphatic hydroxyl groups excluding tert-OH is 1. The maximum atomic E-state index is 10.1. The molecule has 1 aromatic heterocycles. The van der Waals surface area contributed by atoms with Crippen LogP contribution in [0, 0.1) is 6.92 Å². The van der Waals surface area contributed by atoms with Gasteiger partial charge >= 0.3 is 0 Å². The minimum Gasteiger partial charge on any atom is -0.388 e. The second-order valence-electron chi connectivity index (χ2n) is 3.77. The molecular formula is C12H11Cl2NOS. The first-order chi connectivity index (χ1) is 8.06. The number of aliphatic hydroxyl groups is 1. The Morgan fingerprint density at radius 3 is 2.76 bits per heavy atom. The summed E-state index contributed by atoms with van der Waals surface area (Å²) in [7, 11) is 0. The smallest absolute Gasteiger partial charge is 0.0957 e. The Morgan fingerprint density at radius 1 is 1.41 bits per heavy atom. The van der Waals surface area contributed by atoms with E-state index in [1.165, 1.54) is 0 Å². The van der Waals surface area contributed by atoms with Crippen LogP contribution >= 0.6 is 34.5 Å². The van der Waals surface area contributed by atoms with E-state index in [4.69, 9.17) is 23.2 Å². The van der Waals surface area contributed by atoms with Gasteiger partial charge in [-0.15, -0.1) is 11.3 Å².